The number of para-hydroxylation sites is 1. The second-order valence-corrected chi connectivity index (χ2v) is 7.98. The second-order valence-electron chi connectivity index (χ2n) is 7.98. The van der Waals surface area contributed by atoms with Crippen molar-refractivity contribution in [3.63, 3.8) is 0 Å². The van der Waals surface area contributed by atoms with Gasteiger partial charge in [0.25, 0.3) is 5.56 Å². The van der Waals surface area contributed by atoms with Crippen LogP contribution in [0.2, 0.25) is 0 Å². The van der Waals surface area contributed by atoms with Gasteiger partial charge in [-0.25, -0.2) is 4.79 Å². The summed E-state index contributed by atoms with van der Waals surface area (Å²) in [6.07, 6.45) is 1.02. The summed E-state index contributed by atoms with van der Waals surface area (Å²) in [5, 5.41) is 10.8. The zero-order valence-electron chi connectivity index (χ0n) is 17.0. The maximum absolute atomic E-state index is 13.3. The molecule has 1 aliphatic heterocycles. The Labute approximate surface area is 171 Å². The van der Waals surface area contributed by atoms with Crippen LogP contribution in [0.3, 0.4) is 0 Å². The van der Waals surface area contributed by atoms with E-state index in [1.807, 2.05) is 30.3 Å². The molecule has 0 spiro atoms. The van der Waals surface area contributed by atoms with Crippen LogP contribution in [0.15, 0.2) is 39.9 Å². The van der Waals surface area contributed by atoms with E-state index in [0.29, 0.717) is 43.0 Å². The number of hydrogen-bond acceptors (Lipinski definition) is 5. The number of aryl methyl sites for hydroxylation is 2. The first-order chi connectivity index (χ1) is 14.4. The van der Waals surface area contributed by atoms with Gasteiger partial charge in [0.1, 0.15) is 0 Å². The quantitative estimate of drug-likeness (QED) is 0.525. The van der Waals surface area contributed by atoms with Gasteiger partial charge in [-0.3, -0.25) is 13.9 Å². The Morgan fingerprint density at radius 1 is 1.13 bits per heavy atom. The fraction of sp³-hybridized carbons (Fsp3) is 0.381. The van der Waals surface area contributed by atoms with Crippen molar-refractivity contribution >= 4 is 28.0 Å². The third kappa shape index (κ3) is 2.85. The fourth-order valence-corrected chi connectivity index (χ4v) is 4.31. The summed E-state index contributed by atoms with van der Waals surface area (Å²) in [7, 11) is 3.44. The topological polar surface area (TPSA) is 101 Å². The minimum atomic E-state index is -0.398. The van der Waals surface area contributed by atoms with Crippen LogP contribution in [-0.2, 0) is 20.6 Å². The predicted molar refractivity (Wildman–Crippen MR) is 115 cm³/mol. The maximum Gasteiger partial charge on any atom is 0.332 e. The average Bonchev–Trinajstić information content (AvgIpc) is 3.31. The van der Waals surface area contributed by atoms with E-state index in [4.69, 9.17) is 0 Å². The number of piperidine rings is 1. The highest BCUT2D eigenvalue weighted by Crippen LogP contribution is 2.22. The van der Waals surface area contributed by atoms with Crippen molar-refractivity contribution in [3.05, 3.63) is 56.9 Å². The third-order valence-electron chi connectivity index (χ3n) is 6.00. The molecule has 0 amide bonds. The number of anilines is 1. The van der Waals surface area contributed by atoms with Crippen LogP contribution in [0.1, 0.15) is 18.5 Å². The van der Waals surface area contributed by atoms with Gasteiger partial charge in [0, 0.05) is 38.4 Å². The molecule has 156 valence electrons. The fourth-order valence-electron chi connectivity index (χ4n) is 4.31. The minimum Gasteiger partial charge on any atom is -0.393 e. The highest BCUT2D eigenvalue weighted by atomic mass is 16.3. The van der Waals surface area contributed by atoms with Crippen molar-refractivity contribution in [1.82, 2.24) is 23.7 Å². The molecule has 1 fully saturated rings. The molecule has 0 saturated carbocycles. The number of aromatic amines is 1. The molecular weight excluding hydrogens is 384 g/mol. The monoisotopic (exact) mass is 408 g/mol. The summed E-state index contributed by atoms with van der Waals surface area (Å²) in [6.45, 7) is 1.48. The first-order valence-electron chi connectivity index (χ1n) is 10.1. The van der Waals surface area contributed by atoms with Gasteiger partial charge in [-0.05, 0) is 30.4 Å². The normalized spacial score (nSPS) is 15.5. The predicted octanol–water partition coefficient (Wildman–Crippen LogP) is 0.924. The molecule has 9 heteroatoms. The van der Waals surface area contributed by atoms with Gasteiger partial charge in [-0.2, -0.15) is 4.98 Å². The van der Waals surface area contributed by atoms with Crippen molar-refractivity contribution in [1.29, 1.82) is 0 Å². The highest BCUT2D eigenvalue weighted by Gasteiger charge is 2.24. The van der Waals surface area contributed by atoms with Crippen molar-refractivity contribution in [2.45, 2.75) is 25.5 Å². The molecule has 1 aliphatic rings. The van der Waals surface area contributed by atoms with Gasteiger partial charge < -0.3 is 19.6 Å². The number of H-pyrrole nitrogens is 1. The second kappa shape index (κ2) is 6.88. The van der Waals surface area contributed by atoms with Crippen LogP contribution in [0.4, 0.5) is 5.95 Å². The van der Waals surface area contributed by atoms with E-state index in [9.17, 15) is 14.7 Å². The largest absolute Gasteiger partial charge is 0.393 e. The molecule has 30 heavy (non-hydrogen) atoms. The smallest absolute Gasteiger partial charge is 0.332 e. The van der Waals surface area contributed by atoms with Gasteiger partial charge in [-0.15, -0.1) is 0 Å². The third-order valence-corrected chi connectivity index (χ3v) is 6.00. The van der Waals surface area contributed by atoms with Crippen LogP contribution in [0.25, 0.3) is 22.1 Å². The van der Waals surface area contributed by atoms with Crippen LogP contribution >= 0.6 is 0 Å². The standard InChI is InChI=1S/C21H24N6O3/c1-24-17-18(23-20(24)26-9-7-15(28)8-10-26)25(2)21(30)27(19(17)29)12-14-11-13-5-3-4-6-16(13)22-14/h3-6,11,15,22,28H,7-10,12H2,1-2H3. The number of imidazole rings is 1. The molecule has 1 saturated heterocycles. The molecule has 1 aromatic carbocycles. The van der Waals surface area contributed by atoms with Gasteiger partial charge in [0.15, 0.2) is 11.2 Å². The summed E-state index contributed by atoms with van der Waals surface area (Å²) in [5.74, 6) is 0.646. The van der Waals surface area contributed by atoms with Gasteiger partial charge in [-0.1, -0.05) is 18.2 Å². The number of rotatable bonds is 3. The first kappa shape index (κ1) is 18.7. The van der Waals surface area contributed by atoms with Gasteiger partial charge >= 0.3 is 5.69 Å². The van der Waals surface area contributed by atoms with Crippen LogP contribution in [-0.4, -0.2) is 48.0 Å². The Hall–Kier alpha value is -3.33. The van der Waals surface area contributed by atoms with E-state index in [-0.39, 0.29) is 18.2 Å². The summed E-state index contributed by atoms with van der Waals surface area (Å²) < 4.78 is 4.44. The Bertz CT molecular complexity index is 1330. The Morgan fingerprint density at radius 3 is 2.60 bits per heavy atom. The van der Waals surface area contributed by atoms with E-state index in [2.05, 4.69) is 14.9 Å². The lowest BCUT2D eigenvalue weighted by Gasteiger charge is -2.30. The number of aromatic nitrogens is 5. The van der Waals surface area contributed by atoms with Gasteiger partial charge in [0.2, 0.25) is 5.95 Å². The molecule has 4 aromatic rings. The van der Waals surface area contributed by atoms with E-state index < -0.39 is 5.69 Å². The zero-order valence-corrected chi connectivity index (χ0v) is 17.0. The Balaban J connectivity index is 1.62. The summed E-state index contributed by atoms with van der Waals surface area (Å²) in [6, 6.07) is 9.80. The average molecular weight is 408 g/mol. The molecular formula is C21H24N6O3. The number of fused-ring (bicyclic) bond motifs is 2. The number of hydrogen-bond donors (Lipinski definition) is 2. The number of aliphatic hydroxyl groups excluding tert-OH is 1. The SMILES string of the molecule is Cn1c(N2CCC(O)CC2)nc2c1c(=O)n(Cc1cc3ccccc3[nH]1)c(=O)n2C. The molecule has 0 bridgehead atoms. The molecule has 9 nitrogen and oxygen atoms in total. The Kier molecular flexibility index (Phi) is 4.28. The van der Waals surface area contributed by atoms with E-state index in [1.165, 1.54) is 9.13 Å². The summed E-state index contributed by atoms with van der Waals surface area (Å²) in [5.41, 5.74) is 1.78. The van der Waals surface area contributed by atoms with Crippen molar-refractivity contribution in [2.75, 3.05) is 18.0 Å². The number of nitrogens with one attached hydrogen (secondary N) is 1. The van der Waals surface area contributed by atoms with Crippen molar-refractivity contribution in [3.8, 4) is 0 Å². The number of benzene rings is 1. The lowest BCUT2D eigenvalue weighted by atomic mass is 10.1. The van der Waals surface area contributed by atoms with Crippen LogP contribution in [0.5, 0.6) is 0 Å². The van der Waals surface area contributed by atoms with E-state index >= 15 is 0 Å². The molecule has 0 radical (unpaired) electrons. The van der Waals surface area contributed by atoms with Crippen molar-refractivity contribution in [2.24, 2.45) is 14.1 Å². The molecule has 2 N–H and O–H groups in total. The lowest BCUT2D eigenvalue weighted by Crippen LogP contribution is -2.40. The minimum absolute atomic E-state index is 0.159. The molecule has 0 atom stereocenters. The number of nitrogens with zero attached hydrogens (tertiary/aromatic N) is 5. The summed E-state index contributed by atoms with van der Waals surface area (Å²) in [4.78, 5) is 36.2. The van der Waals surface area contributed by atoms with Crippen molar-refractivity contribution < 1.29 is 5.11 Å². The van der Waals surface area contributed by atoms with E-state index in [1.54, 1.807) is 18.7 Å². The molecule has 5 rings (SSSR count). The Morgan fingerprint density at radius 2 is 1.87 bits per heavy atom. The summed E-state index contributed by atoms with van der Waals surface area (Å²) >= 11 is 0. The van der Waals surface area contributed by atoms with E-state index in [0.717, 1.165) is 16.6 Å². The van der Waals surface area contributed by atoms with Gasteiger partial charge in [0.05, 0.1) is 12.6 Å². The van der Waals surface area contributed by atoms with Crippen LogP contribution in [0, 0.1) is 0 Å². The molecule has 3 aromatic heterocycles. The zero-order chi connectivity index (χ0) is 21.0. The molecule has 4 heterocycles. The first-order valence-corrected chi connectivity index (χ1v) is 10.1. The molecule has 0 aliphatic carbocycles. The molecule has 0 unspecified atom stereocenters. The lowest BCUT2D eigenvalue weighted by molar-refractivity contribution is 0.145. The number of aliphatic hydroxyl groups is 1. The highest BCUT2D eigenvalue weighted by molar-refractivity contribution is 5.80. The maximum atomic E-state index is 13.3. The van der Waals surface area contributed by atoms with Crippen LogP contribution < -0.4 is 16.1 Å².